The number of imide groups is 1. The minimum Gasteiger partial charge on any atom is -0.338 e. The van der Waals surface area contributed by atoms with Crippen molar-refractivity contribution in [2.45, 2.75) is 25.4 Å². The van der Waals surface area contributed by atoms with Gasteiger partial charge in [0.2, 0.25) is 5.91 Å². The molecule has 2 aromatic heterocycles. The normalized spacial score (nSPS) is 15.7. The number of carbonyl (C=O) groups excluding carboxylic acids is 2. The van der Waals surface area contributed by atoms with Crippen LogP contribution >= 0.6 is 0 Å². The highest BCUT2D eigenvalue weighted by atomic mass is 16.2. The largest absolute Gasteiger partial charge is 0.338 e. The Labute approximate surface area is 185 Å². The number of aromatic nitrogens is 3. The molecule has 1 aliphatic heterocycles. The molecule has 0 bridgehead atoms. The molecule has 0 spiro atoms. The monoisotopic (exact) mass is 425 g/mol. The van der Waals surface area contributed by atoms with Gasteiger partial charge in [0.05, 0.1) is 23.6 Å². The molecule has 5 rings (SSSR count). The lowest BCUT2D eigenvalue weighted by Crippen LogP contribution is -2.46. The van der Waals surface area contributed by atoms with E-state index in [9.17, 15) is 9.59 Å². The van der Waals surface area contributed by atoms with E-state index in [0.29, 0.717) is 16.9 Å². The van der Waals surface area contributed by atoms with Crippen LogP contribution in [0.2, 0.25) is 0 Å². The van der Waals surface area contributed by atoms with Gasteiger partial charge in [0.15, 0.2) is 0 Å². The highest BCUT2D eigenvalue weighted by molar-refractivity contribution is 6.07. The molecule has 3 heterocycles. The first-order valence-electron chi connectivity index (χ1n) is 10.7. The van der Waals surface area contributed by atoms with Crippen molar-refractivity contribution >= 4 is 22.8 Å². The maximum Gasteiger partial charge on any atom is 0.260 e. The molecule has 7 heteroatoms. The lowest BCUT2D eigenvalue weighted by molar-refractivity contribution is -0.130. The fraction of sp³-hybridized carbons (Fsp3) is 0.200. The Morgan fingerprint density at radius 1 is 1.03 bits per heavy atom. The van der Waals surface area contributed by atoms with E-state index in [0.717, 1.165) is 36.0 Å². The topological polar surface area (TPSA) is 91.0 Å². The Hall–Kier alpha value is -3.84. The average Bonchev–Trinajstić information content (AvgIpc) is 3.53. The quantitative estimate of drug-likeness (QED) is 0.477. The van der Waals surface area contributed by atoms with Crippen LogP contribution in [0.3, 0.4) is 0 Å². The number of amides is 2. The van der Waals surface area contributed by atoms with E-state index in [1.54, 1.807) is 24.5 Å². The summed E-state index contributed by atoms with van der Waals surface area (Å²) in [4.78, 5) is 40.0. The van der Waals surface area contributed by atoms with Crippen molar-refractivity contribution in [2.24, 2.45) is 0 Å². The fourth-order valence-corrected chi connectivity index (χ4v) is 4.04. The smallest absolute Gasteiger partial charge is 0.260 e. The van der Waals surface area contributed by atoms with Gasteiger partial charge >= 0.3 is 0 Å². The van der Waals surface area contributed by atoms with Crippen molar-refractivity contribution in [3.63, 3.8) is 0 Å². The highest BCUT2D eigenvalue weighted by Crippen LogP contribution is 2.22. The van der Waals surface area contributed by atoms with Gasteiger partial charge in [-0.25, -0.2) is 4.98 Å². The zero-order chi connectivity index (χ0) is 21.9. The third-order valence-electron chi connectivity index (χ3n) is 5.74. The van der Waals surface area contributed by atoms with E-state index < -0.39 is 0 Å². The van der Waals surface area contributed by atoms with Gasteiger partial charge < -0.3 is 10.3 Å². The van der Waals surface area contributed by atoms with Gasteiger partial charge in [0, 0.05) is 23.5 Å². The Bertz CT molecular complexity index is 1250. The number of pyridine rings is 1. The summed E-state index contributed by atoms with van der Waals surface area (Å²) in [6.07, 6.45) is 5.09. The van der Waals surface area contributed by atoms with E-state index in [-0.39, 0.29) is 24.4 Å². The Morgan fingerprint density at radius 2 is 1.84 bits per heavy atom. The first kappa shape index (κ1) is 20.1. The third kappa shape index (κ3) is 4.02. The number of rotatable bonds is 5. The second-order valence-electron chi connectivity index (χ2n) is 7.92. The van der Waals surface area contributed by atoms with Crippen LogP contribution < -0.4 is 5.32 Å². The van der Waals surface area contributed by atoms with Gasteiger partial charge in [-0.15, -0.1) is 0 Å². The van der Waals surface area contributed by atoms with E-state index in [4.69, 9.17) is 0 Å². The summed E-state index contributed by atoms with van der Waals surface area (Å²) >= 11 is 0. The number of hydrogen-bond donors (Lipinski definition) is 2. The van der Waals surface area contributed by atoms with Gasteiger partial charge in [-0.2, -0.15) is 0 Å². The predicted molar refractivity (Wildman–Crippen MR) is 122 cm³/mol. The number of H-pyrrole nitrogens is 1. The van der Waals surface area contributed by atoms with Crippen LogP contribution in [0.5, 0.6) is 0 Å². The van der Waals surface area contributed by atoms with Crippen molar-refractivity contribution in [3.05, 3.63) is 84.2 Å². The Kier molecular flexibility index (Phi) is 5.47. The maximum atomic E-state index is 13.5. The minimum absolute atomic E-state index is 0.184. The number of hydrogen-bond acceptors (Lipinski definition) is 5. The first-order valence-corrected chi connectivity index (χ1v) is 10.7. The predicted octanol–water partition coefficient (Wildman–Crippen LogP) is 3.55. The summed E-state index contributed by atoms with van der Waals surface area (Å²) in [6, 6.07) is 18.3. The van der Waals surface area contributed by atoms with Crippen molar-refractivity contribution in [1.82, 2.24) is 25.2 Å². The van der Waals surface area contributed by atoms with Crippen molar-refractivity contribution < 1.29 is 9.59 Å². The Balaban J connectivity index is 1.47. The molecule has 7 nitrogen and oxygen atoms in total. The third-order valence-corrected chi connectivity index (χ3v) is 5.74. The van der Waals surface area contributed by atoms with Crippen LogP contribution in [0.4, 0.5) is 0 Å². The molecule has 160 valence electrons. The molecule has 2 aromatic carbocycles. The number of nitrogens with zero attached hydrogens (tertiary/aromatic N) is 3. The van der Waals surface area contributed by atoms with Gasteiger partial charge in [-0.1, -0.05) is 30.3 Å². The van der Waals surface area contributed by atoms with E-state index in [2.05, 4.69) is 20.3 Å². The summed E-state index contributed by atoms with van der Waals surface area (Å²) in [5, 5.41) is 3.21. The van der Waals surface area contributed by atoms with Crippen molar-refractivity contribution in [2.75, 3.05) is 6.54 Å². The van der Waals surface area contributed by atoms with Crippen molar-refractivity contribution in [3.8, 4) is 11.4 Å². The standard InChI is InChI=1S/C25H23N5O2/c31-24(30(16-17-5-2-1-3-6-17)25(32)21-7-4-12-27-21)19-8-9-20-22(15-19)29-23(28-20)18-10-13-26-14-11-18/h1-3,5-6,8-11,13-15,21,27H,4,7,12,16H2,(H,28,29)/t21-/m0/s1. The van der Waals surface area contributed by atoms with E-state index in [1.807, 2.05) is 48.5 Å². The second kappa shape index (κ2) is 8.72. The number of fused-ring (bicyclic) bond motifs is 1. The van der Waals surface area contributed by atoms with Gasteiger partial charge in [-0.05, 0) is 55.3 Å². The molecule has 0 radical (unpaired) electrons. The number of carbonyl (C=O) groups is 2. The lowest BCUT2D eigenvalue weighted by atomic mass is 10.1. The van der Waals surface area contributed by atoms with Crippen LogP contribution in [-0.2, 0) is 11.3 Å². The summed E-state index contributed by atoms with van der Waals surface area (Å²) in [6.45, 7) is 1.03. The molecule has 4 aromatic rings. The molecular weight excluding hydrogens is 402 g/mol. The highest BCUT2D eigenvalue weighted by Gasteiger charge is 2.31. The maximum absolute atomic E-state index is 13.5. The summed E-state index contributed by atoms with van der Waals surface area (Å²) in [7, 11) is 0. The lowest BCUT2D eigenvalue weighted by Gasteiger charge is -2.24. The molecule has 2 N–H and O–H groups in total. The van der Waals surface area contributed by atoms with Gasteiger partial charge in [-0.3, -0.25) is 19.5 Å². The number of imidazole rings is 1. The summed E-state index contributed by atoms with van der Waals surface area (Å²) in [5.41, 5.74) is 3.76. The molecular formula is C25H23N5O2. The average molecular weight is 425 g/mol. The zero-order valence-electron chi connectivity index (χ0n) is 17.5. The molecule has 1 fully saturated rings. The zero-order valence-corrected chi connectivity index (χ0v) is 17.5. The molecule has 0 unspecified atom stereocenters. The molecule has 1 aliphatic rings. The fourth-order valence-electron chi connectivity index (χ4n) is 4.04. The van der Waals surface area contributed by atoms with Crippen LogP contribution in [0, 0.1) is 0 Å². The summed E-state index contributed by atoms with van der Waals surface area (Å²) < 4.78 is 0. The first-order chi connectivity index (χ1) is 15.7. The molecule has 0 aliphatic carbocycles. The number of aromatic amines is 1. The second-order valence-corrected chi connectivity index (χ2v) is 7.92. The van der Waals surface area contributed by atoms with E-state index in [1.165, 1.54) is 4.90 Å². The van der Waals surface area contributed by atoms with Crippen molar-refractivity contribution in [1.29, 1.82) is 0 Å². The number of benzene rings is 2. The van der Waals surface area contributed by atoms with Gasteiger partial charge in [0.25, 0.3) is 5.91 Å². The summed E-state index contributed by atoms with van der Waals surface area (Å²) in [5.74, 6) is 0.207. The molecule has 0 saturated carbocycles. The molecule has 2 amide bonds. The van der Waals surface area contributed by atoms with Gasteiger partial charge in [0.1, 0.15) is 5.82 Å². The van der Waals surface area contributed by atoms with Crippen LogP contribution in [0.25, 0.3) is 22.4 Å². The van der Waals surface area contributed by atoms with Crippen LogP contribution in [0.1, 0.15) is 28.8 Å². The molecule has 1 saturated heterocycles. The number of nitrogens with one attached hydrogen (secondary N) is 2. The Morgan fingerprint density at radius 3 is 2.59 bits per heavy atom. The van der Waals surface area contributed by atoms with Crippen LogP contribution in [-0.4, -0.2) is 44.3 Å². The minimum atomic E-state index is -0.324. The van der Waals surface area contributed by atoms with E-state index >= 15 is 0 Å². The molecule has 32 heavy (non-hydrogen) atoms. The van der Waals surface area contributed by atoms with Crippen LogP contribution in [0.15, 0.2) is 73.1 Å². The SMILES string of the molecule is O=C(c1ccc2[nH]c(-c3ccncc3)nc2c1)N(Cc1ccccc1)C(=O)[C@@H]1CCCN1. The molecule has 1 atom stereocenters.